The van der Waals surface area contributed by atoms with E-state index in [1.807, 2.05) is 0 Å². The molecule has 4 nitrogen and oxygen atoms in total. The molecule has 1 aromatic carbocycles. The first-order chi connectivity index (χ1) is 7.45. The van der Waals surface area contributed by atoms with E-state index in [9.17, 15) is 9.59 Å². The second-order valence-corrected chi connectivity index (χ2v) is 3.84. The van der Waals surface area contributed by atoms with Crippen LogP contribution in [0.2, 0.25) is 10.0 Å². The number of aldehydes is 1. The smallest absolute Gasteiger partial charge is 0.344 e. The first-order valence-corrected chi connectivity index (χ1v) is 5.05. The standard InChI is InChI=1S/C10H8Cl2O4/c1-5(10(14)15)16-9-7(11)2-6(4-13)3-8(9)12/h2-5H,1H3,(H,14,15)/t5-/m1/s1. The highest BCUT2D eigenvalue weighted by atomic mass is 35.5. The fourth-order valence-electron chi connectivity index (χ4n) is 0.987. The van der Waals surface area contributed by atoms with Crippen molar-refractivity contribution in [2.24, 2.45) is 0 Å². The molecule has 0 radical (unpaired) electrons. The summed E-state index contributed by atoms with van der Waals surface area (Å²) in [4.78, 5) is 21.1. The number of hydrogen-bond donors (Lipinski definition) is 1. The highest BCUT2D eigenvalue weighted by molar-refractivity contribution is 6.37. The van der Waals surface area contributed by atoms with Crippen molar-refractivity contribution in [3.63, 3.8) is 0 Å². The molecule has 1 N–H and O–H groups in total. The van der Waals surface area contributed by atoms with Gasteiger partial charge in [0.15, 0.2) is 11.9 Å². The molecule has 1 rings (SSSR count). The van der Waals surface area contributed by atoms with Crippen LogP contribution in [0, 0.1) is 0 Å². The summed E-state index contributed by atoms with van der Waals surface area (Å²) in [7, 11) is 0. The monoisotopic (exact) mass is 262 g/mol. The number of aliphatic carboxylic acids is 1. The van der Waals surface area contributed by atoms with E-state index in [-0.39, 0.29) is 15.8 Å². The second kappa shape index (κ2) is 5.18. The third-order valence-corrected chi connectivity index (χ3v) is 2.36. The van der Waals surface area contributed by atoms with Gasteiger partial charge in [-0.15, -0.1) is 0 Å². The van der Waals surface area contributed by atoms with Crippen LogP contribution in [0.15, 0.2) is 12.1 Å². The van der Waals surface area contributed by atoms with E-state index >= 15 is 0 Å². The van der Waals surface area contributed by atoms with Gasteiger partial charge in [0.05, 0.1) is 10.0 Å². The molecule has 0 heterocycles. The van der Waals surface area contributed by atoms with Crippen molar-refractivity contribution in [3.8, 4) is 5.75 Å². The minimum Gasteiger partial charge on any atom is -0.479 e. The average molecular weight is 263 g/mol. The molecular formula is C10H8Cl2O4. The van der Waals surface area contributed by atoms with Gasteiger partial charge in [-0.1, -0.05) is 23.2 Å². The Morgan fingerprint density at radius 1 is 1.44 bits per heavy atom. The van der Waals surface area contributed by atoms with Gasteiger partial charge in [-0.3, -0.25) is 4.79 Å². The van der Waals surface area contributed by atoms with Crippen molar-refractivity contribution in [1.29, 1.82) is 0 Å². The van der Waals surface area contributed by atoms with Crippen LogP contribution in [0.1, 0.15) is 17.3 Å². The van der Waals surface area contributed by atoms with Gasteiger partial charge in [-0.25, -0.2) is 4.79 Å². The molecule has 6 heteroatoms. The number of hydrogen-bond acceptors (Lipinski definition) is 3. The molecule has 0 saturated heterocycles. The van der Waals surface area contributed by atoms with Gasteiger partial charge in [0.1, 0.15) is 6.29 Å². The van der Waals surface area contributed by atoms with Gasteiger partial charge in [0, 0.05) is 5.56 Å². The number of carbonyl (C=O) groups is 2. The van der Waals surface area contributed by atoms with Crippen LogP contribution >= 0.6 is 23.2 Å². The maximum Gasteiger partial charge on any atom is 0.344 e. The Morgan fingerprint density at radius 3 is 2.31 bits per heavy atom. The Balaban J connectivity index is 3.05. The van der Waals surface area contributed by atoms with Crippen LogP contribution in [0.4, 0.5) is 0 Å². The van der Waals surface area contributed by atoms with E-state index in [1.54, 1.807) is 0 Å². The lowest BCUT2D eigenvalue weighted by atomic mass is 10.2. The van der Waals surface area contributed by atoms with Gasteiger partial charge in [0.2, 0.25) is 0 Å². The maximum absolute atomic E-state index is 10.6. The van der Waals surface area contributed by atoms with Crippen LogP contribution in [0.25, 0.3) is 0 Å². The second-order valence-electron chi connectivity index (χ2n) is 3.03. The van der Waals surface area contributed by atoms with Crippen LogP contribution in [-0.4, -0.2) is 23.5 Å². The summed E-state index contributed by atoms with van der Waals surface area (Å²) in [6.45, 7) is 1.35. The first kappa shape index (κ1) is 12.8. The molecule has 0 spiro atoms. The number of ether oxygens (including phenoxy) is 1. The fraction of sp³-hybridized carbons (Fsp3) is 0.200. The third kappa shape index (κ3) is 2.87. The number of rotatable bonds is 4. The number of benzene rings is 1. The predicted molar refractivity (Wildman–Crippen MR) is 59.6 cm³/mol. The summed E-state index contributed by atoms with van der Waals surface area (Å²) in [5, 5.41) is 8.86. The Labute approximate surface area is 102 Å². The predicted octanol–water partition coefficient (Wildman–Crippen LogP) is 2.66. The fourth-order valence-corrected chi connectivity index (χ4v) is 1.58. The zero-order valence-corrected chi connectivity index (χ0v) is 9.75. The summed E-state index contributed by atoms with van der Waals surface area (Å²) in [6.07, 6.45) is -0.487. The molecule has 0 bridgehead atoms. The highest BCUT2D eigenvalue weighted by Gasteiger charge is 2.17. The third-order valence-electron chi connectivity index (χ3n) is 1.80. The molecule has 1 atom stereocenters. The SMILES string of the molecule is C[C@@H](Oc1c(Cl)cc(C=O)cc1Cl)C(=O)O. The van der Waals surface area contributed by atoms with Gasteiger partial charge < -0.3 is 9.84 Å². The van der Waals surface area contributed by atoms with Crippen LogP contribution < -0.4 is 4.74 Å². The summed E-state index contributed by atoms with van der Waals surface area (Å²) in [5.74, 6) is -1.07. The first-order valence-electron chi connectivity index (χ1n) is 4.29. The van der Waals surface area contributed by atoms with E-state index < -0.39 is 12.1 Å². The lowest BCUT2D eigenvalue weighted by molar-refractivity contribution is -0.144. The largest absolute Gasteiger partial charge is 0.479 e. The van der Waals surface area contributed by atoms with Crippen molar-refractivity contribution in [3.05, 3.63) is 27.7 Å². The lowest BCUT2D eigenvalue weighted by Gasteiger charge is -2.13. The molecule has 0 unspecified atom stereocenters. The number of carboxylic acid groups (broad SMARTS) is 1. The number of carbonyl (C=O) groups excluding carboxylic acids is 1. The summed E-state index contributed by atoms with van der Waals surface area (Å²) in [6, 6.07) is 2.70. The molecule has 0 aliphatic carbocycles. The van der Waals surface area contributed by atoms with Crippen molar-refractivity contribution in [2.45, 2.75) is 13.0 Å². The quantitative estimate of drug-likeness (QED) is 0.848. The lowest BCUT2D eigenvalue weighted by Crippen LogP contribution is -2.23. The minimum atomic E-state index is -1.13. The maximum atomic E-state index is 10.6. The van der Waals surface area contributed by atoms with Crippen molar-refractivity contribution in [2.75, 3.05) is 0 Å². The molecule has 0 saturated carbocycles. The van der Waals surface area contributed by atoms with Crippen LogP contribution in [-0.2, 0) is 4.79 Å². The van der Waals surface area contributed by atoms with Crippen LogP contribution in [0.3, 0.4) is 0 Å². The van der Waals surface area contributed by atoms with Crippen molar-refractivity contribution >= 4 is 35.5 Å². The summed E-state index contributed by atoms with van der Waals surface area (Å²) >= 11 is 11.6. The van der Waals surface area contributed by atoms with Crippen molar-refractivity contribution in [1.82, 2.24) is 0 Å². The molecule has 1 aromatic rings. The van der Waals surface area contributed by atoms with Gasteiger partial charge in [-0.2, -0.15) is 0 Å². The molecule has 86 valence electrons. The minimum absolute atomic E-state index is 0.0591. The van der Waals surface area contributed by atoms with Gasteiger partial charge >= 0.3 is 5.97 Å². The Morgan fingerprint density at radius 2 is 1.94 bits per heavy atom. The van der Waals surface area contributed by atoms with Crippen molar-refractivity contribution < 1.29 is 19.4 Å². The number of carboxylic acids is 1. The van der Waals surface area contributed by atoms with Gasteiger partial charge in [0.25, 0.3) is 0 Å². The highest BCUT2D eigenvalue weighted by Crippen LogP contribution is 2.34. The Hall–Kier alpha value is -1.26. The average Bonchev–Trinajstić information content (AvgIpc) is 2.22. The van der Waals surface area contributed by atoms with E-state index in [0.29, 0.717) is 11.8 Å². The molecule has 16 heavy (non-hydrogen) atoms. The summed E-state index contributed by atoms with van der Waals surface area (Å²) in [5.41, 5.74) is 0.297. The van der Waals surface area contributed by atoms with Crippen LogP contribution in [0.5, 0.6) is 5.75 Å². The topological polar surface area (TPSA) is 63.6 Å². The van der Waals surface area contributed by atoms with E-state index in [2.05, 4.69) is 0 Å². The Kier molecular flexibility index (Phi) is 4.15. The molecule has 0 amide bonds. The number of halogens is 2. The normalized spacial score (nSPS) is 11.9. The van der Waals surface area contributed by atoms with E-state index in [4.69, 9.17) is 33.0 Å². The van der Waals surface area contributed by atoms with E-state index in [0.717, 1.165) is 0 Å². The summed E-state index contributed by atoms with van der Waals surface area (Å²) < 4.78 is 5.06. The molecule has 0 aliphatic heterocycles. The molecule has 0 fully saturated rings. The molecular weight excluding hydrogens is 255 g/mol. The van der Waals surface area contributed by atoms with Gasteiger partial charge in [-0.05, 0) is 19.1 Å². The van der Waals surface area contributed by atoms with E-state index in [1.165, 1.54) is 19.1 Å². The zero-order chi connectivity index (χ0) is 12.3. The molecule has 0 aliphatic rings. The zero-order valence-electron chi connectivity index (χ0n) is 8.24. The Bertz CT molecular complexity index is 408. The molecule has 0 aromatic heterocycles.